The van der Waals surface area contributed by atoms with Gasteiger partial charge in [0, 0.05) is 57.8 Å². The van der Waals surface area contributed by atoms with Crippen molar-refractivity contribution in [1.29, 1.82) is 0 Å². The fourth-order valence-electron chi connectivity index (χ4n) is 5.70. The zero-order chi connectivity index (χ0) is 28.1. The third-order valence-corrected chi connectivity index (χ3v) is 8.10. The normalized spacial score (nSPS) is 17.4. The molecule has 0 radical (unpaired) electrons. The van der Waals surface area contributed by atoms with Gasteiger partial charge in [0.05, 0.1) is 18.3 Å². The Kier molecular flexibility index (Phi) is 6.61. The number of nitrogens with zero attached hydrogens (tertiary/aromatic N) is 6. The molecule has 3 aromatic heterocycles. The Morgan fingerprint density at radius 1 is 1.18 bits per heavy atom. The van der Waals surface area contributed by atoms with E-state index in [1.807, 2.05) is 34.7 Å². The second kappa shape index (κ2) is 10.1. The smallest absolute Gasteiger partial charge is 0.322 e. The van der Waals surface area contributed by atoms with Crippen LogP contribution in [0.25, 0.3) is 33.6 Å². The fourth-order valence-corrected chi connectivity index (χ4v) is 5.70. The van der Waals surface area contributed by atoms with Crippen molar-refractivity contribution in [2.75, 3.05) is 39.2 Å². The van der Waals surface area contributed by atoms with Gasteiger partial charge in [-0.05, 0) is 61.9 Å². The summed E-state index contributed by atoms with van der Waals surface area (Å²) in [5, 5.41) is 3.62. The number of nitrogens with two attached hydrogens (primary N) is 1. The third-order valence-electron chi connectivity index (χ3n) is 8.10. The molecular formula is C29H36N8O3. The van der Waals surface area contributed by atoms with E-state index in [-0.39, 0.29) is 18.0 Å². The number of nitrogens with one attached hydrogen (secondary N) is 1. The van der Waals surface area contributed by atoms with Gasteiger partial charge in [-0.15, -0.1) is 0 Å². The van der Waals surface area contributed by atoms with Gasteiger partial charge in [0.15, 0.2) is 5.82 Å². The van der Waals surface area contributed by atoms with Gasteiger partial charge in [-0.1, -0.05) is 0 Å². The van der Waals surface area contributed by atoms with Gasteiger partial charge in [-0.3, -0.25) is 9.69 Å². The highest BCUT2D eigenvalue weighted by Gasteiger charge is 2.28. The molecule has 4 aromatic rings. The first-order chi connectivity index (χ1) is 19.3. The Labute approximate surface area is 232 Å². The Bertz CT molecular complexity index is 1620. The van der Waals surface area contributed by atoms with Crippen molar-refractivity contribution in [3.05, 3.63) is 35.9 Å². The zero-order valence-corrected chi connectivity index (χ0v) is 23.5. The highest BCUT2D eigenvalue weighted by molar-refractivity contribution is 6.00. The van der Waals surface area contributed by atoms with Crippen LogP contribution in [0, 0.1) is 5.92 Å². The van der Waals surface area contributed by atoms with Crippen molar-refractivity contribution < 1.29 is 14.3 Å². The van der Waals surface area contributed by atoms with Crippen LogP contribution in [0.2, 0.25) is 0 Å². The first kappa shape index (κ1) is 26.1. The number of amides is 3. The molecule has 1 aliphatic heterocycles. The number of urea groups is 1. The summed E-state index contributed by atoms with van der Waals surface area (Å²) in [6.45, 7) is 2.07. The van der Waals surface area contributed by atoms with Crippen molar-refractivity contribution in [2.45, 2.75) is 38.3 Å². The van der Waals surface area contributed by atoms with Gasteiger partial charge < -0.3 is 29.8 Å². The molecule has 2 fully saturated rings. The van der Waals surface area contributed by atoms with Gasteiger partial charge >= 0.3 is 6.03 Å². The summed E-state index contributed by atoms with van der Waals surface area (Å²) in [6.07, 6.45) is 4.20. The third kappa shape index (κ3) is 4.53. The van der Waals surface area contributed by atoms with E-state index in [1.165, 1.54) is 17.7 Å². The highest BCUT2D eigenvalue weighted by Crippen LogP contribution is 2.38. The molecular weight excluding hydrogens is 508 g/mol. The van der Waals surface area contributed by atoms with E-state index in [9.17, 15) is 9.59 Å². The number of methoxy groups -OCH3 is 1. The molecule has 1 saturated heterocycles. The lowest BCUT2D eigenvalue weighted by Gasteiger charge is -2.30. The predicted octanol–water partition coefficient (Wildman–Crippen LogP) is 3.35. The van der Waals surface area contributed by atoms with Crippen LogP contribution in [0.5, 0.6) is 5.75 Å². The maximum atomic E-state index is 13.4. The van der Waals surface area contributed by atoms with Gasteiger partial charge in [-0.2, -0.15) is 0 Å². The standard InChI is InChI=1S/C29H36N8O3/c1-31-29(39)34(2)24-10-9-18-13-22(37(26(18)33-24)15-17-7-8-17)27-32-21-12-19(14-23(40-4)25(21)35(27)3)28(38)36-11-5-6-20(30)16-36/h9-10,12-14,17,20H,5-8,11,15-16,30H2,1-4H3,(H,31,39)/t20-/m1/s1. The first-order valence-electron chi connectivity index (χ1n) is 13.8. The van der Waals surface area contributed by atoms with E-state index in [1.54, 1.807) is 27.3 Å². The van der Waals surface area contributed by atoms with Crippen molar-refractivity contribution in [1.82, 2.24) is 29.3 Å². The lowest BCUT2D eigenvalue weighted by molar-refractivity contribution is 0.0708. The summed E-state index contributed by atoms with van der Waals surface area (Å²) in [7, 11) is 6.89. The minimum Gasteiger partial charge on any atom is -0.494 e. The van der Waals surface area contributed by atoms with Crippen molar-refractivity contribution >= 4 is 39.8 Å². The molecule has 210 valence electrons. The molecule has 1 aliphatic carbocycles. The average molecular weight is 545 g/mol. The molecule has 1 saturated carbocycles. The number of pyridine rings is 1. The quantitative estimate of drug-likeness (QED) is 0.384. The van der Waals surface area contributed by atoms with E-state index in [0.717, 1.165) is 47.5 Å². The number of imidazole rings is 1. The summed E-state index contributed by atoms with van der Waals surface area (Å²) < 4.78 is 10.0. The number of rotatable bonds is 6. The van der Waals surface area contributed by atoms with Gasteiger partial charge in [-0.25, -0.2) is 14.8 Å². The molecule has 0 unspecified atom stereocenters. The fraction of sp³-hybridized carbons (Fsp3) is 0.448. The first-order valence-corrected chi connectivity index (χ1v) is 13.8. The number of likely N-dealkylation sites (tertiary alicyclic amines) is 1. The van der Waals surface area contributed by atoms with Crippen LogP contribution < -0.4 is 20.7 Å². The summed E-state index contributed by atoms with van der Waals surface area (Å²) in [4.78, 5) is 38.9. The van der Waals surface area contributed by atoms with E-state index in [4.69, 9.17) is 20.4 Å². The summed E-state index contributed by atoms with van der Waals surface area (Å²) in [5.41, 5.74) is 9.95. The molecule has 0 bridgehead atoms. The van der Waals surface area contributed by atoms with Crippen LogP contribution in [-0.4, -0.2) is 76.3 Å². The molecule has 11 heteroatoms. The SMILES string of the molecule is CNC(=O)N(C)c1ccc2cc(-c3nc4cc(C(=O)N5CCC[C@@H](N)C5)cc(OC)c4n3C)n(CC3CC3)c2n1. The van der Waals surface area contributed by atoms with Crippen molar-refractivity contribution in [3.8, 4) is 17.3 Å². The number of ether oxygens (including phenoxy) is 1. The molecule has 1 atom stereocenters. The number of carbonyl (C=O) groups is 2. The number of aromatic nitrogens is 4. The molecule has 4 heterocycles. The molecule has 40 heavy (non-hydrogen) atoms. The van der Waals surface area contributed by atoms with Crippen LogP contribution >= 0.6 is 0 Å². The van der Waals surface area contributed by atoms with E-state index in [0.29, 0.717) is 41.7 Å². The zero-order valence-electron chi connectivity index (χ0n) is 23.5. The average Bonchev–Trinajstić information content (AvgIpc) is 3.64. The lowest BCUT2D eigenvalue weighted by atomic mass is 10.0. The van der Waals surface area contributed by atoms with Crippen molar-refractivity contribution in [2.24, 2.45) is 18.7 Å². The van der Waals surface area contributed by atoms with Gasteiger partial charge in [0.2, 0.25) is 0 Å². The van der Waals surface area contributed by atoms with Crippen LogP contribution in [0.15, 0.2) is 30.3 Å². The highest BCUT2D eigenvalue weighted by atomic mass is 16.5. The minimum atomic E-state index is -0.230. The van der Waals surface area contributed by atoms with Crippen LogP contribution in [0.4, 0.5) is 10.6 Å². The van der Waals surface area contributed by atoms with Crippen LogP contribution in [0.1, 0.15) is 36.0 Å². The summed E-state index contributed by atoms with van der Waals surface area (Å²) in [6, 6.07) is 9.38. The number of aryl methyl sites for hydroxylation is 1. The maximum Gasteiger partial charge on any atom is 0.322 e. The topological polar surface area (TPSA) is 124 Å². The number of carbonyl (C=O) groups excluding carboxylic acids is 2. The molecule has 2 aliphatic rings. The number of piperidine rings is 1. The second-order valence-corrected chi connectivity index (χ2v) is 11.0. The number of hydrogen-bond acceptors (Lipinski definition) is 6. The summed E-state index contributed by atoms with van der Waals surface area (Å²) >= 11 is 0. The number of anilines is 1. The molecule has 11 nitrogen and oxygen atoms in total. The number of hydrogen-bond donors (Lipinski definition) is 2. The molecule has 0 spiro atoms. The lowest BCUT2D eigenvalue weighted by Crippen LogP contribution is -2.45. The monoisotopic (exact) mass is 544 g/mol. The Balaban J connectivity index is 1.46. The van der Waals surface area contributed by atoms with E-state index >= 15 is 0 Å². The molecule has 3 amide bonds. The Morgan fingerprint density at radius 3 is 2.67 bits per heavy atom. The van der Waals surface area contributed by atoms with Crippen LogP contribution in [0.3, 0.4) is 0 Å². The van der Waals surface area contributed by atoms with E-state index in [2.05, 4.69) is 16.0 Å². The second-order valence-electron chi connectivity index (χ2n) is 11.0. The molecule has 6 rings (SSSR count). The largest absolute Gasteiger partial charge is 0.494 e. The van der Waals surface area contributed by atoms with Crippen molar-refractivity contribution in [3.63, 3.8) is 0 Å². The number of benzene rings is 1. The van der Waals surface area contributed by atoms with Gasteiger partial charge in [0.1, 0.15) is 22.7 Å². The predicted molar refractivity (Wildman–Crippen MR) is 155 cm³/mol. The Morgan fingerprint density at radius 2 is 1.98 bits per heavy atom. The Hall–Kier alpha value is -4.12. The number of fused-ring (bicyclic) bond motifs is 2. The summed E-state index contributed by atoms with van der Waals surface area (Å²) in [5.74, 6) is 2.46. The molecule has 1 aromatic carbocycles. The van der Waals surface area contributed by atoms with E-state index < -0.39 is 0 Å². The van der Waals surface area contributed by atoms with Crippen LogP contribution in [-0.2, 0) is 13.6 Å². The molecule has 3 N–H and O–H groups in total. The maximum absolute atomic E-state index is 13.4. The minimum absolute atomic E-state index is 0.00318. The van der Waals surface area contributed by atoms with Gasteiger partial charge in [0.25, 0.3) is 5.91 Å².